The van der Waals surface area contributed by atoms with E-state index in [1.54, 1.807) is 13.2 Å². The van der Waals surface area contributed by atoms with Gasteiger partial charge in [-0.1, -0.05) is 11.6 Å². The van der Waals surface area contributed by atoms with Gasteiger partial charge >= 0.3 is 0 Å². The molecule has 0 saturated heterocycles. The van der Waals surface area contributed by atoms with Crippen LogP contribution in [0, 0.1) is 5.82 Å². The van der Waals surface area contributed by atoms with Gasteiger partial charge in [0.1, 0.15) is 11.5 Å². The van der Waals surface area contributed by atoms with Crippen LogP contribution < -0.4 is 10.1 Å². The van der Waals surface area contributed by atoms with Gasteiger partial charge in [-0.3, -0.25) is 4.40 Å². The highest BCUT2D eigenvalue weighted by Gasteiger charge is 2.14. The molecule has 7 heteroatoms. The lowest BCUT2D eigenvalue weighted by molar-refractivity contribution is 0.395. The summed E-state index contributed by atoms with van der Waals surface area (Å²) in [5.74, 6) is 0.186. The molecule has 1 N–H and O–H groups in total. The normalized spacial score (nSPS) is 10.9. The van der Waals surface area contributed by atoms with Crippen LogP contribution in [0.3, 0.4) is 0 Å². The maximum Gasteiger partial charge on any atom is 0.238 e. The second kappa shape index (κ2) is 5.30. The van der Waals surface area contributed by atoms with Crippen molar-refractivity contribution in [2.75, 3.05) is 12.4 Å². The fourth-order valence-electron chi connectivity index (χ4n) is 1.95. The predicted octanol–water partition coefficient (Wildman–Crippen LogP) is 3.81. The zero-order chi connectivity index (χ0) is 14.1. The Morgan fingerprint density at radius 2 is 2.35 bits per heavy atom. The van der Waals surface area contributed by atoms with Crippen LogP contribution in [0.5, 0.6) is 5.88 Å². The van der Waals surface area contributed by atoms with E-state index in [0.717, 1.165) is 10.7 Å². The number of hydrogen-bond acceptors (Lipinski definition) is 4. The van der Waals surface area contributed by atoms with Crippen molar-refractivity contribution in [3.8, 4) is 5.88 Å². The number of thiazole rings is 1. The molecule has 104 valence electrons. The molecule has 0 unspecified atom stereocenters. The Hall–Kier alpha value is -1.79. The van der Waals surface area contributed by atoms with Gasteiger partial charge < -0.3 is 10.1 Å². The minimum atomic E-state index is -0.348. The minimum absolute atomic E-state index is 0.348. The molecular formula is C13H11ClFN3OS. The molecule has 2 aromatic heterocycles. The molecule has 0 aliphatic heterocycles. The average Bonchev–Trinajstić information content (AvgIpc) is 3.00. The molecule has 0 amide bonds. The van der Waals surface area contributed by atoms with Gasteiger partial charge in [-0.25, -0.2) is 4.39 Å². The molecule has 3 rings (SSSR count). The topological polar surface area (TPSA) is 38.6 Å². The summed E-state index contributed by atoms with van der Waals surface area (Å²) in [6.45, 7) is 0.387. The Bertz CT molecular complexity index is 755. The Balaban J connectivity index is 1.89. The predicted molar refractivity (Wildman–Crippen MR) is 78.4 cm³/mol. The van der Waals surface area contributed by atoms with Gasteiger partial charge in [0.2, 0.25) is 5.88 Å². The van der Waals surface area contributed by atoms with E-state index in [1.165, 1.54) is 23.5 Å². The highest BCUT2D eigenvalue weighted by Crippen LogP contribution is 2.25. The molecule has 0 spiro atoms. The molecule has 0 aliphatic carbocycles. The van der Waals surface area contributed by atoms with E-state index in [0.29, 0.717) is 23.1 Å². The van der Waals surface area contributed by atoms with Crippen LogP contribution >= 0.6 is 22.9 Å². The third kappa shape index (κ3) is 2.32. The van der Waals surface area contributed by atoms with Crippen molar-refractivity contribution in [3.05, 3.63) is 46.3 Å². The summed E-state index contributed by atoms with van der Waals surface area (Å²) in [5, 5.41) is 5.43. The largest absolute Gasteiger partial charge is 0.480 e. The molecule has 2 heterocycles. The highest BCUT2D eigenvalue weighted by atomic mass is 35.5. The van der Waals surface area contributed by atoms with Gasteiger partial charge in [-0.2, -0.15) is 4.98 Å². The summed E-state index contributed by atoms with van der Waals surface area (Å²) in [7, 11) is 1.57. The smallest absolute Gasteiger partial charge is 0.238 e. The molecule has 4 nitrogen and oxygen atoms in total. The molecule has 0 saturated carbocycles. The van der Waals surface area contributed by atoms with E-state index >= 15 is 0 Å². The number of aromatic nitrogens is 2. The van der Waals surface area contributed by atoms with E-state index in [-0.39, 0.29) is 5.82 Å². The van der Waals surface area contributed by atoms with E-state index < -0.39 is 0 Å². The first-order valence-corrected chi connectivity index (χ1v) is 7.12. The van der Waals surface area contributed by atoms with E-state index in [9.17, 15) is 4.39 Å². The third-order valence-electron chi connectivity index (χ3n) is 2.89. The fourth-order valence-corrected chi connectivity index (χ4v) is 2.85. The lowest BCUT2D eigenvalue weighted by Gasteiger charge is -2.08. The molecule has 0 bridgehead atoms. The van der Waals surface area contributed by atoms with Gasteiger partial charge in [-0.15, -0.1) is 11.3 Å². The maximum absolute atomic E-state index is 13.7. The molecule has 0 atom stereocenters. The highest BCUT2D eigenvalue weighted by molar-refractivity contribution is 7.15. The summed E-state index contributed by atoms with van der Waals surface area (Å²) in [6.07, 6.45) is 1.90. The number of anilines is 1. The van der Waals surface area contributed by atoms with Crippen molar-refractivity contribution in [1.29, 1.82) is 0 Å². The van der Waals surface area contributed by atoms with Crippen LogP contribution in [0.15, 0.2) is 29.8 Å². The summed E-state index contributed by atoms with van der Waals surface area (Å²) in [4.78, 5) is 5.18. The Morgan fingerprint density at radius 3 is 3.15 bits per heavy atom. The van der Waals surface area contributed by atoms with Gasteiger partial charge in [0.15, 0.2) is 4.96 Å². The van der Waals surface area contributed by atoms with Crippen molar-refractivity contribution in [2.24, 2.45) is 0 Å². The Morgan fingerprint density at radius 1 is 1.50 bits per heavy atom. The van der Waals surface area contributed by atoms with E-state index in [2.05, 4.69) is 10.3 Å². The third-order valence-corrected chi connectivity index (χ3v) is 3.88. The molecule has 3 aromatic rings. The number of nitrogens with one attached hydrogen (secondary N) is 1. The lowest BCUT2D eigenvalue weighted by atomic mass is 10.3. The van der Waals surface area contributed by atoms with Crippen molar-refractivity contribution >= 4 is 33.6 Å². The lowest BCUT2D eigenvalue weighted by Crippen LogP contribution is -2.05. The Labute approximate surface area is 123 Å². The number of imidazole rings is 1. The van der Waals surface area contributed by atoms with Crippen LogP contribution in [0.1, 0.15) is 5.69 Å². The van der Waals surface area contributed by atoms with Crippen LogP contribution in [-0.4, -0.2) is 16.5 Å². The second-order valence-corrected chi connectivity index (χ2v) is 5.41. The van der Waals surface area contributed by atoms with E-state index in [4.69, 9.17) is 16.3 Å². The van der Waals surface area contributed by atoms with Gasteiger partial charge in [0.05, 0.1) is 19.3 Å². The summed E-state index contributed by atoms with van der Waals surface area (Å²) >= 11 is 7.38. The molecule has 20 heavy (non-hydrogen) atoms. The number of nitrogens with zero attached hydrogens (tertiary/aromatic N) is 2. The number of ether oxygens (including phenoxy) is 1. The maximum atomic E-state index is 13.7. The monoisotopic (exact) mass is 311 g/mol. The summed E-state index contributed by atoms with van der Waals surface area (Å²) in [5.41, 5.74) is 1.19. The zero-order valence-corrected chi connectivity index (χ0v) is 12.1. The van der Waals surface area contributed by atoms with Gasteiger partial charge in [0, 0.05) is 16.6 Å². The van der Waals surface area contributed by atoms with Crippen LogP contribution in [0.2, 0.25) is 5.02 Å². The van der Waals surface area contributed by atoms with Gasteiger partial charge in [-0.05, 0) is 18.2 Å². The quantitative estimate of drug-likeness (QED) is 0.796. The molecule has 0 aliphatic rings. The number of hydrogen-bond donors (Lipinski definition) is 1. The Kier molecular flexibility index (Phi) is 3.50. The number of benzene rings is 1. The first-order chi connectivity index (χ1) is 9.69. The van der Waals surface area contributed by atoms with Crippen molar-refractivity contribution in [2.45, 2.75) is 6.54 Å². The number of methoxy groups -OCH3 is 1. The minimum Gasteiger partial charge on any atom is -0.480 e. The molecule has 0 fully saturated rings. The SMILES string of the molecule is COc1nc2sccn2c1CNc1cc(Cl)ccc1F. The van der Waals surface area contributed by atoms with Crippen molar-refractivity contribution < 1.29 is 9.13 Å². The number of fused-ring (bicyclic) bond motifs is 1. The van der Waals surface area contributed by atoms with Crippen LogP contribution in [0.25, 0.3) is 4.96 Å². The number of rotatable bonds is 4. The molecule has 0 radical (unpaired) electrons. The van der Waals surface area contributed by atoms with Crippen molar-refractivity contribution in [3.63, 3.8) is 0 Å². The van der Waals surface area contributed by atoms with Gasteiger partial charge in [0.25, 0.3) is 0 Å². The first-order valence-electron chi connectivity index (χ1n) is 5.86. The van der Waals surface area contributed by atoms with E-state index in [1.807, 2.05) is 16.0 Å². The summed E-state index contributed by atoms with van der Waals surface area (Å²) < 4.78 is 20.8. The summed E-state index contributed by atoms with van der Waals surface area (Å²) in [6, 6.07) is 4.40. The zero-order valence-electron chi connectivity index (χ0n) is 10.6. The van der Waals surface area contributed by atoms with Crippen LogP contribution in [-0.2, 0) is 6.54 Å². The standard InChI is InChI=1S/C13H11ClFN3OS/c1-19-12-11(18-4-5-20-13(18)17-12)7-16-10-6-8(14)2-3-9(10)15/h2-6,16H,7H2,1H3. The van der Waals surface area contributed by atoms with Crippen LogP contribution in [0.4, 0.5) is 10.1 Å². The molecule has 1 aromatic carbocycles. The van der Waals surface area contributed by atoms with Crippen molar-refractivity contribution in [1.82, 2.24) is 9.38 Å². The first kappa shape index (κ1) is 13.2. The number of halogens is 2. The molecular weight excluding hydrogens is 301 g/mol. The average molecular weight is 312 g/mol. The fraction of sp³-hybridized carbons (Fsp3) is 0.154. The second-order valence-electron chi connectivity index (χ2n) is 4.10.